The largest absolute Gasteiger partial charge is 0.391 e. The molecule has 0 aromatic heterocycles. The Kier molecular flexibility index (Phi) is 6.55. The minimum Gasteiger partial charge on any atom is -0.391 e. The normalized spacial score (nSPS) is 20.3. The summed E-state index contributed by atoms with van der Waals surface area (Å²) in [4.78, 5) is 23.5. The van der Waals surface area contributed by atoms with Gasteiger partial charge in [-0.2, -0.15) is 0 Å². The van der Waals surface area contributed by atoms with Gasteiger partial charge in [0.2, 0.25) is 11.8 Å². The highest BCUT2D eigenvalue weighted by Gasteiger charge is 2.24. The van der Waals surface area contributed by atoms with Crippen molar-refractivity contribution in [1.29, 1.82) is 0 Å². The standard InChI is InChI=1S/C17H25N3O3/c1-12-2-4-13(5-3-12)6-7-16(22)20-11-17(23)19-9-14-8-18-10-15(14)21/h2-5,14-15,18,21H,6-11H2,1H3,(H,19,23)(H,20,22). The molecule has 4 N–H and O–H groups in total. The summed E-state index contributed by atoms with van der Waals surface area (Å²) in [6.07, 6.45) is 0.606. The Morgan fingerprint density at radius 3 is 2.57 bits per heavy atom. The van der Waals surface area contributed by atoms with Crippen molar-refractivity contribution in [3.05, 3.63) is 35.4 Å². The fraction of sp³-hybridized carbons (Fsp3) is 0.529. The second kappa shape index (κ2) is 8.64. The van der Waals surface area contributed by atoms with Gasteiger partial charge in [-0.1, -0.05) is 29.8 Å². The van der Waals surface area contributed by atoms with Crippen molar-refractivity contribution in [2.75, 3.05) is 26.2 Å². The van der Waals surface area contributed by atoms with E-state index in [2.05, 4.69) is 16.0 Å². The van der Waals surface area contributed by atoms with Crippen molar-refractivity contribution in [3.63, 3.8) is 0 Å². The zero-order valence-corrected chi connectivity index (χ0v) is 13.5. The number of hydrogen-bond donors (Lipinski definition) is 4. The molecule has 1 aliphatic rings. The van der Waals surface area contributed by atoms with Crippen LogP contribution < -0.4 is 16.0 Å². The third kappa shape index (κ3) is 6.00. The Morgan fingerprint density at radius 2 is 1.91 bits per heavy atom. The predicted molar refractivity (Wildman–Crippen MR) is 87.9 cm³/mol. The van der Waals surface area contributed by atoms with E-state index in [1.165, 1.54) is 5.56 Å². The summed E-state index contributed by atoms with van der Waals surface area (Å²) in [5, 5.41) is 18.1. The van der Waals surface area contributed by atoms with Gasteiger partial charge in [0.15, 0.2) is 0 Å². The van der Waals surface area contributed by atoms with Gasteiger partial charge in [-0.3, -0.25) is 9.59 Å². The molecule has 0 aliphatic carbocycles. The van der Waals surface area contributed by atoms with E-state index in [1.807, 2.05) is 31.2 Å². The van der Waals surface area contributed by atoms with Crippen LogP contribution >= 0.6 is 0 Å². The number of hydrogen-bond acceptors (Lipinski definition) is 4. The summed E-state index contributed by atoms with van der Waals surface area (Å²) < 4.78 is 0. The summed E-state index contributed by atoms with van der Waals surface area (Å²) in [7, 11) is 0. The third-order valence-corrected chi connectivity index (χ3v) is 4.07. The van der Waals surface area contributed by atoms with E-state index in [1.54, 1.807) is 0 Å². The number of aryl methyl sites for hydroxylation is 2. The molecule has 1 aromatic carbocycles. The smallest absolute Gasteiger partial charge is 0.239 e. The van der Waals surface area contributed by atoms with Gasteiger partial charge in [-0.25, -0.2) is 0 Å². The quantitative estimate of drug-likeness (QED) is 0.557. The van der Waals surface area contributed by atoms with E-state index < -0.39 is 6.10 Å². The fourth-order valence-corrected chi connectivity index (χ4v) is 2.51. The molecule has 2 rings (SSSR count). The number of rotatable bonds is 7. The Balaban J connectivity index is 1.60. The topological polar surface area (TPSA) is 90.5 Å². The molecular formula is C17H25N3O3. The lowest BCUT2D eigenvalue weighted by Crippen LogP contribution is -2.40. The maximum atomic E-state index is 11.8. The summed E-state index contributed by atoms with van der Waals surface area (Å²) in [5.41, 5.74) is 2.30. The highest BCUT2D eigenvalue weighted by molar-refractivity contribution is 5.84. The second-order valence-electron chi connectivity index (χ2n) is 6.05. The van der Waals surface area contributed by atoms with Crippen molar-refractivity contribution in [3.8, 4) is 0 Å². The first kappa shape index (κ1) is 17.4. The lowest BCUT2D eigenvalue weighted by atomic mass is 10.1. The van der Waals surface area contributed by atoms with Gasteiger partial charge < -0.3 is 21.1 Å². The van der Waals surface area contributed by atoms with Gasteiger partial charge >= 0.3 is 0 Å². The number of carbonyl (C=O) groups excluding carboxylic acids is 2. The third-order valence-electron chi connectivity index (χ3n) is 4.07. The highest BCUT2D eigenvalue weighted by Crippen LogP contribution is 2.07. The second-order valence-corrected chi connectivity index (χ2v) is 6.05. The molecule has 0 spiro atoms. The molecule has 126 valence electrons. The molecule has 2 amide bonds. The average Bonchev–Trinajstić information content (AvgIpc) is 2.95. The zero-order valence-electron chi connectivity index (χ0n) is 13.5. The fourth-order valence-electron chi connectivity index (χ4n) is 2.51. The van der Waals surface area contributed by atoms with E-state index in [0.717, 1.165) is 5.56 Å². The van der Waals surface area contributed by atoms with Gasteiger partial charge in [0.25, 0.3) is 0 Å². The molecule has 2 unspecified atom stereocenters. The molecule has 1 aliphatic heterocycles. The SMILES string of the molecule is Cc1ccc(CCC(=O)NCC(=O)NCC2CNCC2O)cc1. The maximum Gasteiger partial charge on any atom is 0.239 e. The van der Waals surface area contributed by atoms with E-state index >= 15 is 0 Å². The van der Waals surface area contributed by atoms with Gasteiger partial charge in [0.1, 0.15) is 0 Å². The first-order valence-corrected chi connectivity index (χ1v) is 8.02. The monoisotopic (exact) mass is 319 g/mol. The van der Waals surface area contributed by atoms with Crippen LogP contribution in [-0.2, 0) is 16.0 Å². The number of aliphatic hydroxyl groups excluding tert-OH is 1. The van der Waals surface area contributed by atoms with Gasteiger partial charge in [-0.15, -0.1) is 0 Å². The lowest BCUT2D eigenvalue weighted by molar-refractivity contribution is -0.126. The maximum absolute atomic E-state index is 11.8. The molecule has 1 heterocycles. The minimum absolute atomic E-state index is 0.0248. The molecule has 1 saturated heterocycles. The van der Waals surface area contributed by atoms with Crippen LogP contribution in [0.15, 0.2) is 24.3 Å². The van der Waals surface area contributed by atoms with Crippen molar-refractivity contribution in [2.45, 2.75) is 25.9 Å². The predicted octanol–water partition coefficient (Wildman–Crippen LogP) is -0.260. The van der Waals surface area contributed by atoms with Crippen molar-refractivity contribution in [2.24, 2.45) is 5.92 Å². The Bertz CT molecular complexity index is 530. The number of carbonyl (C=O) groups is 2. The van der Waals surface area contributed by atoms with E-state index in [0.29, 0.717) is 32.5 Å². The van der Waals surface area contributed by atoms with Crippen molar-refractivity contribution >= 4 is 11.8 Å². The summed E-state index contributed by atoms with van der Waals surface area (Å²) in [5.74, 6) is -0.327. The Hall–Kier alpha value is -1.92. The molecule has 1 fully saturated rings. The van der Waals surface area contributed by atoms with Gasteiger partial charge in [0, 0.05) is 32.0 Å². The minimum atomic E-state index is -0.417. The zero-order chi connectivity index (χ0) is 16.7. The van der Waals surface area contributed by atoms with Crippen molar-refractivity contribution < 1.29 is 14.7 Å². The average molecular weight is 319 g/mol. The van der Waals surface area contributed by atoms with Crippen LogP contribution in [0.3, 0.4) is 0 Å². The van der Waals surface area contributed by atoms with Crippen LogP contribution in [0.5, 0.6) is 0 Å². The van der Waals surface area contributed by atoms with Crippen LogP contribution in [0.4, 0.5) is 0 Å². The summed E-state index contributed by atoms with van der Waals surface area (Å²) >= 11 is 0. The van der Waals surface area contributed by atoms with Crippen LogP contribution in [0, 0.1) is 12.8 Å². The van der Waals surface area contributed by atoms with E-state index in [-0.39, 0.29) is 24.3 Å². The molecule has 0 saturated carbocycles. The van der Waals surface area contributed by atoms with Crippen LogP contribution in [-0.4, -0.2) is 49.2 Å². The molecule has 6 nitrogen and oxygen atoms in total. The molecule has 0 radical (unpaired) electrons. The van der Waals surface area contributed by atoms with Crippen LogP contribution in [0.25, 0.3) is 0 Å². The number of aliphatic hydroxyl groups is 1. The molecule has 2 atom stereocenters. The highest BCUT2D eigenvalue weighted by atomic mass is 16.3. The Labute approximate surface area is 136 Å². The number of β-amino-alcohol motifs (C(OH)–C–C–N with tert-alkyl or cyclic N) is 1. The summed E-state index contributed by atoms with van der Waals surface area (Å²) in [6, 6.07) is 8.06. The molecule has 1 aromatic rings. The summed E-state index contributed by atoms with van der Waals surface area (Å²) in [6.45, 7) is 3.69. The van der Waals surface area contributed by atoms with Crippen molar-refractivity contribution in [1.82, 2.24) is 16.0 Å². The molecular weight excluding hydrogens is 294 g/mol. The van der Waals surface area contributed by atoms with Crippen LogP contribution in [0.2, 0.25) is 0 Å². The van der Waals surface area contributed by atoms with E-state index in [9.17, 15) is 14.7 Å². The number of amides is 2. The first-order chi connectivity index (χ1) is 11.0. The molecule has 23 heavy (non-hydrogen) atoms. The molecule has 6 heteroatoms. The lowest BCUT2D eigenvalue weighted by Gasteiger charge is -2.14. The van der Waals surface area contributed by atoms with Crippen LogP contribution in [0.1, 0.15) is 17.5 Å². The van der Waals surface area contributed by atoms with E-state index in [4.69, 9.17) is 0 Å². The Morgan fingerprint density at radius 1 is 1.17 bits per heavy atom. The first-order valence-electron chi connectivity index (χ1n) is 8.02. The number of benzene rings is 1. The number of nitrogens with one attached hydrogen (secondary N) is 3. The van der Waals surface area contributed by atoms with Gasteiger partial charge in [-0.05, 0) is 18.9 Å². The van der Waals surface area contributed by atoms with Gasteiger partial charge in [0.05, 0.1) is 12.6 Å². The molecule has 0 bridgehead atoms.